The Balaban J connectivity index is 2.05. The Kier molecular flexibility index (Phi) is 5.50. The molecule has 1 aromatic rings. The molecule has 2 amide bonds. The Morgan fingerprint density at radius 2 is 2.04 bits per heavy atom. The molecule has 1 fully saturated rings. The van der Waals surface area contributed by atoms with Gasteiger partial charge in [-0.2, -0.15) is 0 Å². The Labute approximate surface area is 139 Å². The maximum Gasteiger partial charge on any atom is 0.255 e. The molecular weight excluding hydrogens is 290 g/mol. The van der Waals surface area contributed by atoms with Gasteiger partial charge in [-0.1, -0.05) is 0 Å². The van der Waals surface area contributed by atoms with Crippen LogP contribution in [0, 0.1) is 0 Å². The number of piperidine rings is 1. The first-order valence-electron chi connectivity index (χ1n) is 8.53. The maximum absolute atomic E-state index is 12.9. The second-order valence-corrected chi connectivity index (χ2v) is 7.40. The topological polar surface area (TPSA) is 54.3 Å². The highest BCUT2D eigenvalue weighted by Gasteiger charge is 2.28. The van der Waals surface area contributed by atoms with Crippen molar-refractivity contribution in [3.05, 3.63) is 24.0 Å². The lowest BCUT2D eigenvalue weighted by Gasteiger charge is -2.36. The van der Waals surface area contributed by atoms with Gasteiger partial charge in [0.1, 0.15) is 0 Å². The fourth-order valence-electron chi connectivity index (χ4n) is 3.09. The molecule has 0 radical (unpaired) electrons. The lowest BCUT2D eigenvalue weighted by molar-refractivity contribution is -0.119. The predicted molar refractivity (Wildman–Crippen MR) is 91.4 cm³/mol. The summed E-state index contributed by atoms with van der Waals surface area (Å²) in [5.41, 5.74) is 0.733. The highest BCUT2D eigenvalue weighted by atomic mass is 16.2. The summed E-state index contributed by atoms with van der Waals surface area (Å²) >= 11 is 0. The normalized spacial score (nSPS) is 18.8. The molecule has 2 heterocycles. The van der Waals surface area contributed by atoms with Gasteiger partial charge in [-0.25, -0.2) is 0 Å². The van der Waals surface area contributed by atoms with E-state index in [0.717, 1.165) is 37.8 Å². The van der Waals surface area contributed by atoms with Crippen LogP contribution in [0.3, 0.4) is 0 Å². The van der Waals surface area contributed by atoms with E-state index in [0.29, 0.717) is 6.54 Å². The van der Waals surface area contributed by atoms with Crippen LogP contribution in [-0.4, -0.2) is 40.4 Å². The van der Waals surface area contributed by atoms with Gasteiger partial charge in [0.15, 0.2) is 0 Å². The Morgan fingerprint density at radius 1 is 1.30 bits per heavy atom. The molecular formula is C18H29N3O2. The molecule has 1 aliphatic heterocycles. The first kappa shape index (κ1) is 17.6. The number of carbonyl (C=O) groups is 2. The number of hydrogen-bond acceptors (Lipinski definition) is 2. The lowest BCUT2D eigenvalue weighted by Crippen LogP contribution is -2.45. The molecule has 5 heteroatoms. The molecule has 23 heavy (non-hydrogen) atoms. The van der Waals surface area contributed by atoms with Crippen LogP contribution in [0.5, 0.6) is 0 Å². The van der Waals surface area contributed by atoms with Crippen molar-refractivity contribution >= 4 is 11.8 Å². The summed E-state index contributed by atoms with van der Waals surface area (Å²) in [5.74, 6) is 0.0986. The van der Waals surface area contributed by atoms with Gasteiger partial charge in [-0.3, -0.25) is 9.59 Å². The van der Waals surface area contributed by atoms with E-state index in [1.165, 1.54) is 6.92 Å². The van der Waals surface area contributed by atoms with E-state index < -0.39 is 0 Å². The molecule has 1 aliphatic rings. The van der Waals surface area contributed by atoms with Crippen LogP contribution >= 0.6 is 0 Å². The van der Waals surface area contributed by atoms with E-state index in [4.69, 9.17) is 0 Å². The summed E-state index contributed by atoms with van der Waals surface area (Å²) in [5, 5.41) is 2.84. The fraction of sp³-hybridized carbons (Fsp3) is 0.667. The zero-order chi connectivity index (χ0) is 17.0. The van der Waals surface area contributed by atoms with Gasteiger partial charge >= 0.3 is 0 Å². The van der Waals surface area contributed by atoms with Gasteiger partial charge in [0, 0.05) is 44.0 Å². The fourth-order valence-corrected chi connectivity index (χ4v) is 3.09. The third-order valence-electron chi connectivity index (χ3n) is 4.45. The average molecular weight is 319 g/mol. The lowest BCUT2D eigenvalue weighted by atomic mass is 9.98. The number of nitrogens with one attached hydrogen (secondary N) is 1. The molecule has 0 aromatic carbocycles. The monoisotopic (exact) mass is 319 g/mol. The Bertz CT molecular complexity index is 557. The van der Waals surface area contributed by atoms with Crippen molar-refractivity contribution in [3.8, 4) is 0 Å². The Hall–Kier alpha value is -1.78. The van der Waals surface area contributed by atoms with Gasteiger partial charge in [-0.05, 0) is 52.5 Å². The van der Waals surface area contributed by atoms with Crippen molar-refractivity contribution in [2.45, 2.75) is 65.0 Å². The molecule has 1 aromatic heterocycles. The second kappa shape index (κ2) is 7.20. The summed E-state index contributed by atoms with van der Waals surface area (Å²) in [7, 11) is 0. The highest BCUT2D eigenvalue weighted by Crippen LogP contribution is 2.23. The molecule has 1 atom stereocenters. The molecule has 0 spiro atoms. The average Bonchev–Trinajstić information content (AvgIpc) is 2.96. The third kappa shape index (κ3) is 4.60. The SMILES string of the molecule is CC(=O)NCCC1CCCCN1C(=O)c1ccn(C(C)(C)C)c1. The summed E-state index contributed by atoms with van der Waals surface area (Å²) in [6.07, 6.45) is 7.97. The Morgan fingerprint density at radius 3 is 2.65 bits per heavy atom. The van der Waals surface area contributed by atoms with E-state index in [9.17, 15) is 9.59 Å². The quantitative estimate of drug-likeness (QED) is 0.928. The standard InChI is InChI=1S/C18H29N3O2/c1-14(22)19-10-8-16-7-5-6-11-21(16)17(23)15-9-12-20(13-15)18(2,3)4/h9,12-13,16H,5-8,10-11H2,1-4H3,(H,19,22). The van der Waals surface area contributed by atoms with Crippen molar-refractivity contribution in [3.63, 3.8) is 0 Å². The van der Waals surface area contributed by atoms with Crippen LogP contribution in [0.15, 0.2) is 18.5 Å². The molecule has 1 saturated heterocycles. The number of hydrogen-bond donors (Lipinski definition) is 1. The van der Waals surface area contributed by atoms with Gasteiger partial charge in [-0.15, -0.1) is 0 Å². The summed E-state index contributed by atoms with van der Waals surface area (Å²) in [6.45, 7) is 9.34. The molecule has 0 saturated carbocycles. The first-order valence-corrected chi connectivity index (χ1v) is 8.53. The van der Waals surface area contributed by atoms with E-state index in [2.05, 4.69) is 30.7 Å². The van der Waals surface area contributed by atoms with E-state index in [1.54, 1.807) is 0 Å². The van der Waals surface area contributed by atoms with Crippen LogP contribution < -0.4 is 5.32 Å². The summed E-state index contributed by atoms with van der Waals surface area (Å²) < 4.78 is 2.08. The molecule has 0 bridgehead atoms. The smallest absolute Gasteiger partial charge is 0.255 e. The molecule has 5 nitrogen and oxygen atoms in total. The second-order valence-electron chi connectivity index (χ2n) is 7.40. The third-order valence-corrected chi connectivity index (χ3v) is 4.45. The molecule has 1 unspecified atom stereocenters. The summed E-state index contributed by atoms with van der Waals surface area (Å²) in [4.78, 5) is 25.9. The zero-order valence-corrected chi connectivity index (χ0v) is 14.8. The predicted octanol–water partition coefficient (Wildman–Crippen LogP) is 2.76. The largest absolute Gasteiger partial charge is 0.356 e. The van der Waals surface area contributed by atoms with E-state index in [-0.39, 0.29) is 23.4 Å². The van der Waals surface area contributed by atoms with Gasteiger partial charge in [0.05, 0.1) is 5.56 Å². The van der Waals surface area contributed by atoms with Crippen molar-refractivity contribution in [2.24, 2.45) is 0 Å². The number of aromatic nitrogens is 1. The minimum atomic E-state index is -0.0226. The highest BCUT2D eigenvalue weighted by molar-refractivity contribution is 5.94. The minimum absolute atomic E-state index is 0.0130. The van der Waals surface area contributed by atoms with E-state index in [1.807, 2.05) is 23.4 Å². The number of carbonyl (C=O) groups excluding carboxylic acids is 2. The molecule has 1 N–H and O–H groups in total. The minimum Gasteiger partial charge on any atom is -0.356 e. The van der Waals surface area contributed by atoms with Crippen LogP contribution in [0.25, 0.3) is 0 Å². The van der Waals surface area contributed by atoms with Crippen molar-refractivity contribution in [1.29, 1.82) is 0 Å². The van der Waals surface area contributed by atoms with Crippen molar-refractivity contribution < 1.29 is 9.59 Å². The zero-order valence-electron chi connectivity index (χ0n) is 14.8. The van der Waals surface area contributed by atoms with Crippen molar-refractivity contribution in [2.75, 3.05) is 13.1 Å². The molecule has 0 aliphatic carbocycles. The first-order chi connectivity index (χ1) is 10.8. The number of nitrogens with zero attached hydrogens (tertiary/aromatic N) is 2. The van der Waals surface area contributed by atoms with Crippen molar-refractivity contribution in [1.82, 2.24) is 14.8 Å². The van der Waals surface area contributed by atoms with Gasteiger partial charge < -0.3 is 14.8 Å². The van der Waals surface area contributed by atoms with E-state index >= 15 is 0 Å². The number of amides is 2. The molecule has 128 valence electrons. The number of rotatable bonds is 4. The van der Waals surface area contributed by atoms with Crippen LogP contribution in [0.2, 0.25) is 0 Å². The van der Waals surface area contributed by atoms with Crippen LogP contribution in [-0.2, 0) is 10.3 Å². The van der Waals surface area contributed by atoms with Crippen LogP contribution in [0.4, 0.5) is 0 Å². The van der Waals surface area contributed by atoms with Gasteiger partial charge in [0.25, 0.3) is 5.91 Å². The summed E-state index contributed by atoms with van der Waals surface area (Å²) in [6, 6.07) is 2.13. The number of likely N-dealkylation sites (tertiary alicyclic amines) is 1. The molecule has 2 rings (SSSR count). The maximum atomic E-state index is 12.9. The van der Waals surface area contributed by atoms with Crippen LogP contribution in [0.1, 0.15) is 63.7 Å². The van der Waals surface area contributed by atoms with Gasteiger partial charge in [0.2, 0.25) is 5.91 Å².